The summed E-state index contributed by atoms with van der Waals surface area (Å²) >= 11 is 0. The van der Waals surface area contributed by atoms with Crippen LogP contribution in [0.2, 0.25) is 0 Å². The average molecular weight is 981 g/mol. The molecule has 11 nitrogen and oxygen atoms in total. The minimum atomic E-state index is -1.57. The van der Waals surface area contributed by atoms with Crippen LogP contribution in [0.4, 0.5) is 0 Å². The molecule has 0 bridgehead atoms. The van der Waals surface area contributed by atoms with Crippen LogP contribution >= 0.6 is 0 Å². The van der Waals surface area contributed by atoms with Crippen LogP contribution < -0.4 is 5.32 Å². The monoisotopic (exact) mass is 980 g/mol. The highest BCUT2D eigenvalue weighted by molar-refractivity contribution is 5.76. The summed E-state index contributed by atoms with van der Waals surface area (Å²) < 4.78 is 16.7. The van der Waals surface area contributed by atoms with Crippen LogP contribution in [-0.2, 0) is 23.8 Å². The Morgan fingerprint density at radius 2 is 0.928 bits per heavy atom. The lowest BCUT2D eigenvalue weighted by Gasteiger charge is -2.40. The van der Waals surface area contributed by atoms with Gasteiger partial charge < -0.3 is 45.1 Å². The van der Waals surface area contributed by atoms with Crippen LogP contribution in [0.15, 0.2) is 24.3 Å². The topological polar surface area (TPSA) is 175 Å². The summed E-state index contributed by atoms with van der Waals surface area (Å²) in [6.45, 7) is 4.31. The van der Waals surface area contributed by atoms with Crippen LogP contribution in [-0.4, -0.2) is 100 Å². The van der Waals surface area contributed by atoms with Crippen LogP contribution in [0.3, 0.4) is 0 Å². The van der Waals surface area contributed by atoms with Gasteiger partial charge in [0.1, 0.15) is 24.4 Å². The molecule has 0 spiro atoms. The molecule has 1 saturated heterocycles. The van der Waals surface area contributed by atoms with E-state index < -0.39 is 49.5 Å². The van der Waals surface area contributed by atoms with Crippen LogP contribution in [0.25, 0.3) is 0 Å². The van der Waals surface area contributed by atoms with Crippen molar-refractivity contribution in [3.8, 4) is 0 Å². The zero-order valence-electron chi connectivity index (χ0n) is 44.5. The maximum absolute atomic E-state index is 13.0. The van der Waals surface area contributed by atoms with Crippen molar-refractivity contribution in [2.45, 2.75) is 314 Å². The molecule has 0 aromatic rings. The fourth-order valence-corrected chi connectivity index (χ4v) is 9.13. The number of esters is 1. The summed E-state index contributed by atoms with van der Waals surface area (Å²) in [5, 5.41) is 54.3. The normalized spacial score (nSPS) is 19.4. The lowest BCUT2D eigenvalue weighted by atomic mass is 9.99. The van der Waals surface area contributed by atoms with Gasteiger partial charge >= 0.3 is 5.97 Å². The zero-order chi connectivity index (χ0) is 50.3. The van der Waals surface area contributed by atoms with Crippen molar-refractivity contribution in [1.82, 2.24) is 5.32 Å². The van der Waals surface area contributed by atoms with Gasteiger partial charge in [-0.25, -0.2) is 0 Å². The molecule has 406 valence electrons. The molecule has 1 fully saturated rings. The molecule has 0 radical (unpaired) electrons. The summed E-state index contributed by atoms with van der Waals surface area (Å²) in [7, 11) is 0. The number of allylic oxidation sites excluding steroid dienone is 3. The molecule has 6 N–H and O–H groups in total. The molecule has 69 heavy (non-hydrogen) atoms. The van der Waals surface area contributed by atoms with Crippen molar-refractivity contribution in [2.75, 3.05) is 19.8 Å². The second kappa shape index (κ2) is 48.4. The third-order valence-electron chi connectivity index (χ3n) is 13.8. The lowest BCUT2D eigenvalue weighted by Crippen LogP contribution is -2.60. The summed E-state index contributed by atoms with van der Waals surface area (Å²) in [6, 6.07) is -0.819. The molecule has 1 aliphatic rings. The lowest BCUT2D eigenvalue weighted by molar-refractivity contribution is -0.302. The average Bonchev–Trinajstić information content (AvgIpc) is 3.34. The summed E-state index contributed by atoms with van der Waals surface area (Å²) in [4.78, 5) is 25.0. The van der Waals surface area contributed by atoms with Crippen molar-refractivity contribution >= 4 is 11.9 Å². The van der Waals surface area contributed by atoms with E-state index in [1.165, 1.54) is 154 Å². The third kappa shape index (κ3) is 38.4. The van der Waals surface area contributed by atoms with Crippen molar-refractivity contribution < 1.29 is 49.3 Å². The molecule has 0 aromatic heterocycles. The summed E-state index contributed by atoms with van der Waals surface area (Å²) in [5.41, 5.74) is 0. The first-order valence-electron chi connectivity index (χ1n) is 29.1. The summed E-state index contributed by atoms with van der Waals surface area (Å²) in [5.74, 6) is -0.209. The maximum atomic E-state index is 13.0. The van der Waals surface area contributed by atoms with Gasteiger partial charge in [0.15, 0.2) is 6.29 Å². The van der Waals surface area contributed by atoms with E-state index in [0.717, 1.165) is 89.9 Å². The number of carbonyl (C=O) groups is 2. The number of rotatable bonds is 50. The Balaban J connectivity index is 2.12. The second-order valence-electron chi connectivity index (χ2n) is 20.3. The third-order valence-corrected chi connectivity index (χ3v) is 13.8. The summed E-state index contributed by atoms with van der Waals surface area (Å²) in [6.07, 6.45) is 46.9. The predicted molar refractivity (Wildman–Crippen MR) is 283 cm³/mol. The van der Waals surface area contributed by atoms with Gasteiger partial charge in [-0.3, -0.25) is 9.59 Å². The van der Waals surface area contributed by atoms with E-state index in [4.69, 9.17) is 14.2 Å². The van der Waals surface area contributed by atoms with E-state index in [9.17, 15) is 35.1 Å². The Morgan fingerprint density at radius 3 is 1.39 bits per heavy atom. The first-order chi connectivity index (χ1) is 33.7. The van der Waals surface area contributed by atoms with Crippen molar-refractivity contribution in [3.63, 3.8) is 0 Å². The van der Waals surface area contributed by atoms with E-state index in [1.54, 1.807) is 6.08 Å². The highest BCUT2D eigenvalue weighted by Gasteiger charge is 2.44. The number of amides is 1. The Bertz CT molecular complexity index is 1200. The van der Waals surface area contributed by atoms with E-state index >= 15 is 0 Å². The molecular weight excluding hydrogens is 871 g/mol. The molecule has 1 heterocycles. The Hall–Kier alpha value is -1.86. The first kappa shape index (κ1) is 65.2. The van der Waals surface area contributed by atoms with Gasteiger partial charge in [0, 0.05) is 12.8 Å². The van der Waals surface area contributed by atoms with Gasteiger partial charge in [0.2, 0.25) is 5.91 Å². The van der Waals surface area contributed by atoms with E-state index in [2.05, 4.69) is 31.3 Å². The van der Waals surface area contributed by atoms with Crippen LogP contribution in [0.1, 0.15) is 271 Å². The van der Waals surface area contributed by atoms with Crippen LogP contribution in [0, 0.1) is 0 Å². The second-order valence-corrected chi connectivity index (χ2v) is 20.3. The quantitative estimate of drug-likeness (QED) is 0.0196. The van der Waals surface area contributed by atoms with Crippen molar-refractivity contribution in [3.05, 3.63) is 24.3 Å². The minimum absolute atomic E-state index is 0.0131. The number of ether oxygens (including phenoxy) is 3. The standard InChI is InChI=1S/C58H109NO10/c1-3-5-7-9-11-13-15-25-28-32-36-40-44-51(61)50(49-68-58-57(66)56(65)55(64)52(48-60)69-58)59-53(62)45-41-37-33-29-26-22-20-18-16-17-19-21-23-27-31-35-39-43-47-67-54(63)46-42-38-34-30-24-14-12-10-8-6-4-2/h18,20,40,44,50-52,55-58,60-61,64-66H,3-17,19,21-39,41-43,45-49H2,1-2H3,(H,59,62)/b20-18-,44-40+. The van der Waals surface area contributed by atoms with Gasteiger partial charge in [-0.15, -0.1) is 0 Å². The fraction of sp³-hybridized carbons (Fsp3) is 0.897. The highest BCUT2D eigenvalue weighted by Crippen LogP contribution is 2.23. The van der Waals surface area contributed by atoms with E-state index in [1.807, 2.05) is 6.08 Å². The fourth-order valence-electron chi connectivity index (χ4n) is 9.13. The maximum Gasteiger partial charge on any atom is 0.305 e. The van der Waals surface area contributed by atoms with E-state index in [-0.39, 0.29) is 18.5 Å². The van der Waals surface area contributed by atoms with E-state index in [0.29, 0.717) is 19.4 Å². The number of carbonyl (C=O) groups excluding carboxylic acids is 2. The number of aliphatic hydroxyl groups is 5. The molecule has 0 saturated carbocycles. The Morgan fingerprint density at radius 1 is 0.522 bits per heavy atom. The number of unbranched alkanes of at least 4 members (excludes halogenated alkanes) is 34. The highest BCUT2D eigenvalue weighted by atomic mass is 16.7. The zero-order valence-corrected chi connectivity index (χ0v) is 44.5. The van der Waals surface area contributed by atoms with Gasteiger partial charge in [-0.05, 0) is 57.8 Å². The molecule has 11 heteroatoms. The largest absolute Gasteiger partial charge is 0.466 e. The molecule has 0 aliphatic carbocycles. The Kier molecular flexibility index (Phi) is 45.7. The molecular formula is C58H109NO10. The number of nitrogens with one attached hydrogen (secondary N) is 1. The van der Waals surface area contributed by atoms with Gasteiger partial charge in [0.25, 0.3) is 0 Å². The number of hydrogen-bond acceptors (Lipinski definition) is 10. The molecule has 7 atom stereocenters. The minimum Gasteiger partial charge on any atom is -0.466 e. The van der Waals surface area contributed by atoms with Gasteiger partial charge in [-0.2, -0.15) is 0 Å². The SMILES string of the molecule is CCCCCCCCCCCC/C=C/C(O)C(COC1OC(CO)C(O)C(O)C1O)NC(=O)CCCCCCC/C=C\CCCCCCCCCCCOC(=O)CCCCCCCCCCCCC. The van der Waals surface area contributed by atoms with Crippen molar-refractivity contribution in [2.24, 2.45) is 0 Å². The predicted octanol–water partition coefficient (Wildman–Crippen LogP) is 12.9. The molecule has 1 aliphatic heterocycles. The van der Waals surface area contributed by atoms with Gasteiger partial charge in [0.05, 0.1) is 32.0 Å². The molecule has 1 amide bonds. The molecule has 7 unspecified atom stereocenters. The smallest absolute Gasteiger partial charge is 0.305 e. The van der Waals surface area contributed by atoms with Crippen LogP contribution in [0.5, 0.6) is 0 Å². The first-order valence-corrected chi connectivity index (χ1v) is 29.1. The molecule has 0 aromatic carbocycles. The van der Waals surface area contributed by atoms with Gasteiger partial charge in [-0.1, -0.05) is 224 Å². The molecule has 1 rings (SSSR count). The number of hydrogen-bond donors (Lipinski definition) is 6. The number of aliphatic hydroxyl groups excluding tert-OH is 5. The Labute approximate surface area is 422 Å². The van der Waals surface area contributed by atoms with Crippen molar-refractivity contribution in [1.29, 1.82) is 0 Å².